The van der Waals surface area contributed by atoms with Gasteiger partial charge < -0.3 is 10.1 Å². The summed E-state index contributed by atoms with van der Waals surface area (Å²) in [5.74, 6) is 0.372. The highest BCUT2D eigenvalue weighted by Gasteiger charge is 2.18. The number of nitrogens with one attached hydrogen (secondary N) is 2. The molecule has 31 heavy (non-hydrogen) atoms. The van der Waals surface area contributed by atoms with E-state index in [-0.39, 0.29) is 17.3 Å². The van der Waals surface area contributed by atoms with E-state index < -0.39 is 16.1 Å². The summed E-state index contributed by atoms with van der Waals surface area (Å²) in [7, 11) is -3.66. The van der Waals surface area contributed by atoms with Gasteiger partial charge in [-0.1, -0.05) is 48.5 Å². The van der Waals surface area contributed by atoms with Crippen LogP contribution in [0.3, 0.4) is 0 Å². The number of hydrogen-bond acceptors (Lipinski definition) is 4. The van der Waals surface area contributed by atoms with E-state index in [0.29, 0.717) is 11.4 Å². The molecule has 1 amide bonds. The van der Waals surface area contributed by atoms with Crippen LogP contribution in [0, 0.1) is 13.8 Å². The number of para-hydroxylation sites is 1. The van der Waals surface area contributed by atoms with Gasteiger partial charge >= 0.3 is 0 Å². The largest absolute Gasteiger partial charge is 0.480 e. The zero-order chi connectivity index (χ0) is 22.4. The van der Waals surface area contributed by atoms with Crippen LogP contribution in [0.1, 0.15) is 23.6 Å². The average molecular weight is 439 g/mol. The van der Waals surface area contributed by atoms with Gasteiger partial charge in [0.05, 0.1) is 4.90 Å². The summed E-state index contributed by atoms with van der Waals surface area (Å²) < 4.78 is 33.4. The molecule has 0 fully saturated rings. The Balaban J connectivity index is 1.61. The third kappa shape index (κ3) is 5.93. The lowest BCUT2D eigenvalue weighted by atomic mass is 10.1. The minimum atomic E-state index is -3.66. The fourth-order valence-corrected chi connectivity index (χ4v) is 4.05. The maximum atomic E-state index is 12.5. The smallest absolute Gasteiger partial charge is 0.265 e. The Labute approximate surface area is 183 Å². The number of carbonyl (C=O) groups excluding carboxylic acids is 1. The number of aryl methyl sites for hydroxylation is 2. The van der Waals surface area contributed by atoms with Crippen molar-refractivity contribution in [3.8, 4) is 5.75 Å². The average Bonchev–Trinajstić information content (AvgIpc) is 2.76. The molecule has 0 radical (unpaired) electrons. The van der Waals surface area contributed by atoms with Crippen LogP contribution < -0.4 is 14.8 Å². The minimum absolute atomic E-state index is 0.126. The van der Waals surface area contributed by atoms with Gasteiger partial charge in [-0.25, -0.2) is 13.1 Å². The van der Waals surface area contributed by atoms with E-state index in [1.165, 1.54) is 12.1 Å². The summed E-state index contributed by atoms with van der Waals surface area (Å²) in [6, 6.07) is 21.1. The molecule has 3 aromatic carbocycles. The molecule has 162 valence electrons. The monoisotopic (exact) mass is 438 g/mol. The van der Waals surface area contributed by atoms with Gasteiger partial charge in [-0.05, 0) is 61.7 Å². The van der Waals surface area contributed by atoms with E-state index in [1.807, 2.05) is 62.4 Å². The summed E-state index contributed by atoms with van der Waals surface area (Å²) >= 11 is 0. The van der Waals surface area contributed by atoms with Gasteiger partial charge in [-0.15, -0.1) is 0 Å². The van der Waals surface area contributed by atoms with Crippen LogP contribution in [0.4, 0.5) is 5.69 Å². The second-order valence-electron chi connectivity index (χ2n) is 7.30. The van der Waals surface area contributed by atoms with Crippen LogP contribution in [-0.4, -0.2) is 20.4 Å². The molecule has 1 unspecified atom stereocenters. The van der Waals surface area contributed by atoms with E-state index in [9.17, 15) is 13.2 Å². The highest BCUT2D eigenvalue weighted by molar-refractivity contribution is 7.89. The van der Waals surface area contributed by atoms with Crippen molar-refractivity contribution in [2.24, 2.45) is 0 Å². The number of ether oxygens (including phenoxy) is 1. The highest BCUT2D eigenvalue weighted by atomic mass is 32.2. The van der Waals surface area contributed by atoms with Gasteiger partial charge in [0.1, 0.15) is 5.75 Å². The molecule has 3 rings (SSSR count). The number of hydrogen-bond donors (Lipinski definition) is 2. The van der Waals surface area contributed by atoms with Crippen LogP contribution in [0.25, 0.3) is 0 Å². The van der Waals surface area contributed by atoms with Crippen LogP contribution in [0.2, 0.25) is 0 Å². The molecule has 0 aliphatic carbocycles. The summed E-state index contributed by atoms with van der Waals surface area (Å²) in [5, 5.41) is 2.76. The first-order valence-corrected chi connectivity index (χ1v) is 11.4. The van der Waals surface area contributed by atoms with Crippen molar-refractivity contribution in [3.05, 3.63) is 89.5 Å². The standard InChI is InChI=1S/C24H26N2O4S/c1-17-8-7-9-18(2)23(17)30-19(3)24(27)26-21-12-14-22(15-13-21)31(28,29)25-16-20-10-5-4-6-11-20/h4-15,19,25H,16H2,1-3H3,(H,26,27). The van der Waals surface area contributed by atoms with E-state index in [4.69, 9.17) is 4.74 Å². The molecular weight excluding hydrogens is 412 g/mol. The summed E-state index contributed by atoms with van der Waals surface area (Å²) in [6.07, 6.45) is -0.712. The van der Waals surface area contributed by atoms with Gasteiger partial charge in [0.15, 0.2) is 6.10 Å². The third-order valence-electron chi connectivity index (χ3n) is 4.81. The lowest BCUT2D eigenvalue weighted by molar-refractivity contribution is -0.122. The SMILES string of the molecule is Cc1cccc(C)c1OC(C)C(=O)Nc1ccc(S(=O)(=O)NCc2ccccc2)cc1. The van der Waals surface area contributed by atoms with Crippen molar-refractivity contribution >= 4 is 21.6 Å². The lowest BCUT2D eigenvalue weighted by Gasteiger charge is -2.18. The normalized spacial score (nSPS) is 12.2. The fourth-order valence-electron chi connectivity index (χ4n) is 3.03. The number of sulfonamides is 1. The summed E-state index contributed by atoms with van der Waals surface area (Å²) in [6.45, 7) is 5.73. The quantitative estimate of drug-likeness (QED) is 0.552. The predicted molar refractivity (Wildman–Crippen MR) is 122 cm³/mol. The first-order valence-electron chi connectivity index (χ1n) is 9.93. The van der Waals surface area contributed by atoms with Gasteiger partial charge in [0, 0.05) is 12.2 Å². The van der Waals surface area contributed by atoms with Crippen molar-refractivity contribution < 1.29 is 17.9 Å². The third-order valence-corrected chi connectivity index (χ3v) is 6.23. The molecule has 0 aliphatic rings. The van der Waals surface area contributed by atoms with Crippen molar-refractivity contribution in [1.82, 2.24) is 4.72 Å². The van der Waals surface area contributed by atoms with E-state index >= 15 is 0 Å². The predicted octanol–water partition coefficient (Wildman–Crippen LogP) is 4.19. The molecule has 0 spiro atoms. The molecule has 0 bridgehead atoms. The molecule has 0 saturated heterocycles. The maximum Gasteiger partial charge on any atom is 0.265 e. The first-order chi connectivity index (χ1) is 14.8. The molecule has 2 N–H and O–H groups in total. The van der Waals surface area contributed by atoms with Crippen LogP contribution in [0.15, 0.2) is 77.7 Å². The molecule has 0 aliphatic heterocycles. The van der Waals surface area contributed by atoms with Crippen molar-refractivity contribution in [2.45, 2.75) is 38.3 Å². The van der Waals surface area contributed by atoms with Crippen LogP contribution in [-0.2, 0) is 21.4 Å². The molecule has 6 nitrogen and oxygen atoms in total. The van der Waals surface area contributed by atoms with Gasteiger partial charge in [-0.3, -0.25) is 4.79 Å². The van der Waals surface area contributed by atoms with Crippen molar-refractivity contribution in [3.63, 3.8) is 0 Å². The number of rotatable bonds is 8. The molecule has 1 atom stereocenters. The molecule has 0 saturated carbocycles. The number of amides is 1. The highest BCUT2D eigenvalue weighted by Crippen LogP contribution is 2.24. The molecule has 7 heteroatoms. The number of benzene rings is 3. The second kappa shape index (κ2) is 9.76. The Morgan fingerprint density at radius 1 is 0.903 bits per heavy atom. The minimum Gasteiger partial charge on any atom is -0.480 e. The Hall–Kier alpha value is -3.16. The Morgan fingerprint density at radius 3 is 2.13 bits per heavy atom. The van der Waals surface area contributed by atoms with Crippen molar-refractivity contribution in [1.29, 1.82) is 0 Å². The fraction of sp³-hybridized carbons (Fsp3) is 0.208. The van der Waals surface area contributed by atoms with Crippen LogP contribution >= 0.6 is 0 Å². The zero-order valence-corrected chi connectivity index (χ0v) is 18.6. The second-order valence-corrected chi connectivity index (χ2v) is 9.07. The maximum absolute atomic E-state index is 12.5. The molecule has 0 aromatic heterocycles. The summed E-state index contributed by atoms with van der Waals surface area (Å²) in [4.78, 5) is 12.6. The van der Waals surface area contributed by atoms with Gasteiger partial charge in [0.25, 0.3) is 5.91 Å². The number of carbonyl (C=O) groups is 1. The van der Waals surface area contributed by atoms with Gasteiger partial charge in [0.2, 0.25) is 10.0 Å². The first kappa shape index (κ1) is 22.5. The molecular formula is C24H26N2O4S. The van der Waals surface area contributed by atoms with Gasteiger partial charge in [-0.2, -0.15) is 0 Å². The van der Waals surface area contributed by atoms with E-state index in [2.05, 4.69) is 10.0 Å². The Morgan fingerprint density at radius 2 is 1.52 bits per heavy atom. The van der Waals surface area contributed by atoms with Crippen molar-refractivity contribution in [2.75, 3.05) is 5.32 Å². The summed E-state index contributed by atoms with van der Waals surface area (Å²) in [5.41, 5.74) is 3.27. The topological polar surface area (TPSA) is 84.5 Å². The van der Waals surface area contributed by atoms with Crippen LogP contribution in [0.5, 0.6) is 5.75 Å². The molecule has 3 aromatic rings. The Kier molecular flexibility index (Phi) is 7.09. The molecule has 0 heterocycles. The lowest BCUT2D eigenvalue weighted by Crippen LogP contribution is -2.30. The Bertz CT molecular complexity index is 1120. The zero-order valence-electron chi connectivity index (χ0n) is 17.8. The number of anilines is 1. The van der Waals surface area contributed by atoms with E-state index in [0.717, 1.165) is 16.7 Å². The van der Waals surface area contributed by atoms with E-state index in [1.54, 1.807) is 19.1 Å².